The van der Waals surface area contributed by atoms with Crippen LogP contribution in [0.25, 0.3) is 0 Å². The first-order valence-electron chi connectivity index (χ1n) is 6.05. The van der Waals surface area contributed by atoms with Crippen molar-refractivity contribution in [3.05, 3.63) is 57.6 Å². The third-order valence-corrected chi connectivity index (χ3v) is 2.78. The summed E-state index contributed by atoms with van der Waals surface area (Å²) in [4.78, 5) is 10.2. The Hall–Kier alpha value is -3.07. The zero-order valence-corrected chi connectivity index (χ0v) is 11.5. The maximum Gasteiger partial charge on any atom is 0.271 e. The number of hydrogen-bond donors (Lipinski definition) is 0. The maximum absolute atomic E-state index is 10.7. The van der Waals surface area contributed by atoms with E-state index in [1.807, 2.05) is 19.1 Å². The lowest BCUT2D eigenvalue weighted by Gasteiger charge is -2.10. The van der Waals surface area contributed by atoms with Crippen molar-refractivity contribution in [3.8, 4) is 23.3 Å². The zero-order valence-electron chi connectivity index (χ0n) is 11.5. The van der Waals surface area contributed by atoms with Gasteiger partial charge < -0.3 is 9.47 Å². The van der Waals surface area contributed by atoms with E-state index in [-0.39, 0.29) is 17.0 Å². The summed E-state index contributed by atoms with van der Waals surface area (Å²) >= 11 is 0. The highest BCUT2D eigenvalue weighted by atomic mass is 16.6. The minimum Gasteiger partial charge on any atom is -0.497 e. The molecule has 0 heterocycles. The molecule has 0 bridgehead atoms. The number of hydrogen-bond acceptors (Lipinski definition) is 5. The standard InChI is InChI=1S/C15H12N2O4/c1-10-5-13(20-2)8-14(6-10)21-15-4-3-12(17(18)19)7-11(15)9-16/h3-8H,1-2H3. The van der Waals surface area contributed by atoms with Crippen LogP contribution in [0.3, 0.4) is 0 Å². The number of nitro groups is 1. The van der Waals surface area contributed by atoms with E-state index < -0.39 is 4.92 Å². The molecule has 21 heavy (non-hydrogen) atoms. The van der Waals surface area contributed by atoms with E-state index in [1.54, 1.807) is 19.2 Å². The molecule has 0 atom stereocenters. The Morgan fingerprint density at radius 3 is 2.52 bits per heavy atom. The van der Waals surface area contributed by atoms with Gasteiger partial charge >= 0.3 is 0 Å². The first-order chi connectivity index (χ1) is 10.0. The molecule has 106 valence electrons. The lowest BCUT2D eigenvalue weighted by molar-refractivity contribution is -0.384. The molecule has 0 amide bonds. The van der Waals surface area contributed by atoms with Crippen molar-refractivity contribution in [1.82, 2.24) is 0 Å². The molecule has 0 saturated carbocycles. The number of ether oxygens (including phenoxy) is 2. The van der Waals surface area contributed by atoms with Crippen LogP contribution in [0.5, 0.6) is 17.2 Å². The molecule has 0 fully saturated rings. The number of non-ortho nitro benzene ring substituents is 1. The van der Waals surface area contributed by atoms with E-state index in [2.05, 4.69) is 0 Å². The van der Waals surface area contributed by atoms with Crippen LogP contribution in [-0.4, -0.2) is 12.0 Å². The number of benzene rings is 2. The lowest BCUT2D eigenvalue weighted by atomic mass is 10.2. The molecule has 0 aliphatic carbocycles. The molecule has 6 heteroatoms. The molecular formula is C15H12N2O4. The van der Waals surface area contributed by atoms with Gasteiger partial charge in [0.15, 0.2) is 0 Å². The summed E-state index contributed by atoms with van der Waals surface area (Å²) in [6.45, 7) is 1.89. The summed E-state index contributed by atoms with van der Waals surface area (Å²) in [5, 5.41) is 19.8. The molecule has 0 aliphatic heterocycles. The predicted octanol–water partition coefficient (Wildman–Crippen LogP) is 3.58. The molecule has 6 nitrogen and oxygen atoms in total. The Morgan fingerprint density at radius 2 is 1.90 bits per heavy atom. The summed E-state index contributed by atoms with van der Waals surface area (Å²) in [5.74, 6) is 1.39. The second-order valence-corrected chi connectivity index (χ2v) is 4.34. The largest absolute Gasteiger partial charge is 0.497 e. The van der Waals surface area contributed by atoms with Crippen LogP contribution in [0.1, 0.15) is 11.1 Å². The van der Waals surface area contributed by atoms with Gasteiger partial charge in [-0.05, 0) is 30.7 Å². The quantitative estimate of drug-likeness (QED) is 0.632. The molecule has 2 aromatic carbocycles. The van der Waals surface area contributed by atoms with Gasteiger partial charge in [-0.1, -0.05) is 0 Å². The average molecular weight is 284 g/mol. The average Bonchev–Trinajstić information content (AvgIpc) is 2.46. The number of aryl methyl sites for hydroxylation is 1. The van der Waals surface area contributed by atoms with Crippen LogP contribution in [0.15, 0.2) is 36.4 Å². The minimum atomic E-state index is -0.555. The van der Waals surface area contributed by atoms with Gasteiger partial charge in [-0.2, -0.15) is 5.26 Å². The summed E-state index contributed by atoms with van der Waals surface area (Å²) in [6.07, 6.45) is 0. The Morgan fingerprint density at radius 1 is 1.19 bits per heavy atom. The Kier molecular flexibility index (Phi) is 4.05. The van der Waals surface area contributed by atoms with E-state index in [0.29, 0.717) is 11.5 Å². The van der Waals surface area contributed by atoms with E-state index in [1.165, 1.54) is 18.2 Å². The monoisotopic (exact) mass is 284 g/mol. The van der Waals surface area contributed by atoms with Gasteiger partial charge in [0.25, 0.3) is 5.69 Å². The van der Waals surface area contributed by atoms with Crippen molar-refractivity contribution in [2.75, 3.05) is 7.11 Å². The van der Waals surface area contributed by atoms with Gasteiger partial charge in [-0.25, -0.2) is 0 Å². The Balaban J connectivity index is 2.38. The topological polar surface area (TPSA) is 85.4 Å². The summed E-state index contributed by atoms with van der Waals surface area (Å²) < 4.78 is 10.8. The minimum absolute atomic E-state index is 0.102. The van der Waals surface area contributed by atoms with Crippen LogP contribution in [0.2, 0.25) is 0 Å². The number of nitro benzene ring substituents is 1. The van der Waals surface area contributed by atoms with Gasteiger partial charge in [-0.15, -0.1) is 0 Å². The number of methoxy groups -OCH3 is 1. The van der Waals surface area contributed by atoms with Gasteiger partial charge in [0.05, 0.1) is 12.0 Å². The van der Waals surface area contributed by atoms with E-state index in [9.17, 15) is 10.1 Å². The normalized spacial score (nSPS) is 9.76. The molecule has 0 aromatic heterocycles. The first-order valence-corrected chi connectivity index (χ1v) is 6.05. The first kappa shape index (κ1) is 14.3. The lowest BCUT2D eigenvalue weighted by Crippen LogP contribution is -1.93. The SMILES string of the molecule is COc1cc(C)cc(Oc2ccc([N+](=O)[O-])cc2C#N)c1. The Bertz CT molecular complexity index is 735. The van der Waals surface area contributed by atoms with Crippen molar-refractivity contribution in [3.63, 3.8) is 0 Å². The molecule has 0 unspecified atom stereocenters. The third kappa shape index (κ3) is 3.28. The van der Waals surface area contributed by atoms with E-state index >= 15 is 0 Å². The maximum atomic E-state index is 10.7. The van der Waals surface area contributed by atoms with Crippen LogP contribution >= 0.6 is 0 Å². The number of nitrogens with zero attached hydrogens (tertiary/aromatic N) is 2. The van der Waals surface area contributed by atoms with Crippen molar-refractivity contribution in [2.24, 2.45) is 0 Å². The Labute approximate surface area is 121 Å². The third-order valence-electron chi connectivity index (χ3n) is 2.78. The highest BCUT2D eigenvalue weighted by Crippen LogP contribution is 2.30. The van der Waals surface area contributed by atoms with Crippen molar-refractivity contribution in [1.29, 1.82) is 5.26 Å². The van der Waals surface area contributed by atoms with Crippen LogP contribution in [0, 0.1) is 28.4 Å². The molecule has 2 aromatic rings. The predicted molar refractivity (Wildman–Crippen MR) is 75.6 cm³/mol. The highest BCUT2D eigenvalue weighted by molar-refractivity contribution is 5.52. The molecule has 0 aliphatic rings. The fourth-order valence-electron chi connectivity index (χ4n) is 1.83. The van der Waals surface area contributed by atoms with Crippen molar-refractivity contribution in [2.45, 2.75) is 6.92 Å². The highest BCUT2D eigenvalue weighted by Gasteiger charge is 2.12. The second kappa shape index (κ2) is 5.92. The summed E-state index contributed by atoms with van der Waals surface area (Å²) in [7, 11) is 1.55. The van der Waals surface area contributed by atoms with Crippen molar-refractivity contribution >= 4 is 5.69 Å². The summed E-state index contributed by atoms with van der Waals surface area (Å²) in [5.41, 5.74) is 0.884. The second-order valence-electron chi connectivity index (χ2n) is 4.34. The molecule has 0 N–H and O–H groups in total. The number of nitriles is 1. The molecule has 2 rings (SSSR count). The molecule has 0 saturated heterocycles. The zero-order chi connectivity index (χ0) is 15.4. The smallest absolute Gasteiger partial charge is 0.271 e. The fourth-order valence-corrected chi connectivity index (χ4v) is 1.83. The van der Waals surface area contributed by atoms with Gasteiger partial charge in [-0.3, -0.25) is 10.1 Å². The fraction of sp³-hybridized carbons (Fsp3) is 0.133. The number of rotatable bonds is 4. The van der Waals surface area contributed by atoms with Crippen LogP contribution < -0.4 is 9.47 Å². The molecular weight excluding hydrogens is 272 g/mol. The van der Waals surface area contributed by atoms with Gasteiger partial charge in [0.1, 0.15) is 28.9 Å². The van der Waals surface area contributed by atoms with Gasteiger partial charge in [0, 0.05) is 18.2 Å². The molecule has 0 radical (unpaired) electrons. The summed E-state index contributed by atoms with van der Waals surface area (Å²) in [6, 6.07) is 11.1. The van der Waals surface area contributed by atoms with Crippen LogP contribution in [0.4, 0.5) is 5.69 Å². The van der Waals surface area contributed by atoms with E-state index in [4.69, 9.17) is 14.7 Å². The molecule has 0 spiro atoms. The van der Waals surface area contributed by atoms with E-state index in [0.717, 1.165) is 5.56 Å². The van der Waals surface area contributed by atoms with Crippen molar-refractivity contribution < 1.29 is 14.4 Å². The van der Waals surface area contributed by atoms with Gasteiger partial charge in [0.2, 0.25) is 0 Å². The van der Waals surface area contributed by atoms with Crippen LogP contribution in [-0.2, 0) is 0 Å².